The van der Waals surface area contributed by atoms with E-state index in [1.165, 1.54) is 0 Å². The number of benzene rings is 1. The Morgan fingerprint density at radius 2 is 1.81 bits per heavy atom. The Morgan fingerprint density at radius 3 is 2.29 bits per heavy atom. The molecule has 1 heterocycles. The van der Waals surface area contributed by atoms with Crippen LogP contribution in [0.15, 0.2) is 24.3 Å². The lowest BCUT2D eigenvalue weighted by molar-refractivity contribution is -0.130. The number of carbonyl (C=O) groups is 2. The fourth-order valence-corrected chi connectivity index (χ4v) is 2.51. The van der Waals surface area contributed by atoms with Crippen LogP contribution in [-0.2, 0) is 4.79 Å². The number of hydrogen-bond donors (Lipinski definition) is 1. The molecule has 1 aliphatic heterocycles. The van der Waals surface area contributed by atoms with Crippen molar-refractivity contribution in [1.82, 2.24) is 4.90 Å². The molecule has 5 nitrogen and oxygen atoms in total. The highest BCUT2D eigenvalue weighted by Gasteiger charge is 2.27. The summed E-state index contributed by atoms with van der Waals surface area (Å²) in [5.74, 6) is 0.836. The average Bonchev–Trinajstić information content (AvgIpc) is 2.53. The molecule has 0 aromatic heterocycles. The summed E-state index contributed by atoms with van der Waals surface area (Å²) in [6.45, 7) is 1.27. The molecule has 0 atom stereocenters. The van der Waals surface area contributed by atoms with E-state index in [2.05, 4.69) is 0 Å². The fourth-order valence-electron chi connectivity index (χ4n) is 2.51. The molecule has 1 fully saturated rings. The minimum absolute atomic E-state index is 0. The molecule has 0 aliphatic carbocycles. The maximum Gasteiger partial charge on any atom is 0.236 e. The molecule has 6 heteroatoms. The largest absolute Gasteiger partial charge is 0.497 e. The van der Waals surface area contributed by atoms with Gasteiger partial charge in [0.25, 0.3) is 0 Å². The van der Waals surface area contributed by atoms with Crippen molar-refractivity contribution in [3.8, 4) is 5.75 Å². The van der Waals surface area contributed by atoms with Gasteiger partial charge in [0.15, 0.2) is 5.78 Å². The third kappa shape index (κ3) is 4.19. The molecule has 0 spiro atoms. The quantitative estimate of drug-likeness (QED) is 0.855. The van der Waals surface area contributed by atoms with Crippen molar-refractivity contribution in [2.45, 2.75) is 12.8 Å². The summed E-state index contributed by atoms with van der Waals surface area (Å²) in [5.41, 5.74) is 6.05. The normalized spacial score (nSPS) is 15.2. The van der Waals surface area contributed by atoms with Crippen molar-refractivity contribution in [3.63, 3.8) is 0 Å². The predicted octanol–water partition coefficient (Wildman–Crippen LogP) is 1.50. The first-order valence-corrected chi connectivity index (χ1v) is 6.82. The highest BCUT2D eigenvalue weighted by molar-refractivity contribution is 5.98. The minimum atomic E-state index is -0.0413. The number of hydrogen-bond acceptors (Lipinski definition) is 4. The van der Waals surface area contributed by atoms with Gasteiger partial charge in [0.1, 0.15) is 5.75 Å². The standard InChI is InChI=1S/C15H20N2O3.ClH/c1-20-13-4-2-11(3-5-13)15(19)12-6-8-17(9-7-12)14(18)10-16;/h2-5,12H,6-10,16H2,1H3;1H. The number of nitrogens with zero attached hydrogens (tertiary/aromatic N) is 1. The van der Waals surface area contributed by atoms with Crippen LogP contribution < -0.4 is 10.5 Å². The van der Waals surface area contributed by atoms with Gasteiger partial charge in [-0.2, -0.15) is 0 Å². The molecule has 2 N–H and O–H groups in total. The van der Waals surface area contributed by atoms with Crippen LogP contribution in [0.4, 0.5) is 0 Å². The molecular formula is C15H21ClN2O3. The first-order chi connectivity index (χ1) is 9.65. The summed E-state index contributed by atoms with van der Waals surface area (Å²) >= 11 is 0. The van der Waals surface area contributed by atoms with Crippen LogP contribution in [-0.4, -0.2) is 43.3 Å². The van der Waals surface area contributed by atoms with E-state index in [1.807, 2.05) is 0 Å². The Bertz CT molecular complexity index is 482. The van der Waals surface area contributed by atoms with Crippen LogP contribution in [0, 0.1) is 5.92 Å². The molecular weight excluding hydrogens is 292 g/mol. The van der Waals surface area contributed by atoms with Gasteiger partial charge in [0.05, 0.1) is 13.7 Å². The lowest BCUT2D eigenvalue weighted by atomic mass is 9.89. The fraction of sp³-hybridized carbons (Fsp3) is 0.467. The number of likely N-dealkylation sites (tertiary alicyclic amines) is 1. The summed E-state index contributed by atoms with van der Waals surface area (Å²) in [7, 11) is 1.60. The molecule has 2 rings (SSSR count). The van der Waals surface area contributed by atoms with Gasteiger partial charge in [0.2, 0.25) is 5.91 Å². The number of ketones is 1. The van der Waals surface area contributed by atoms with Crippen LogP contribution >= 0.6 is 12.4 Å². The van der Waals surface area contributed by atoms with Gasteiger partial charge in [0, 0.05) is 24.6 Å². The zero-order valence-corrected chi connectivity index (χ0v) is 12.9. The van der Waals surface area contributed by atoms with Gasteiger partial charge < -0.3 is 15.4 Å². The first kappa shape index (κ1) is 17.5. The number of halogens is 1. The highest BCUT2D eigenvalue weighted by Crippen LogP contribution is 2.23. The number of rotatable bonds is 4. The van der Waals surface area contributed by atoms with Crippen LogP contribution in [0.25, 0.3) is 0 Å². The third-order valence-corrected chi connectivity index (χ3v) is 3.77. The lowest BCUT2D eigenvalue weighted by Gasteiger charge is -2.31. The number of amides is 1. The SMILES string of the molecule is COc1ccc(C(=O)C2CCN(C(=O)CN)CC2)cc1.Cl. The second kappa shape index (κ2) is 8.00. The monoisotopic (exact) mass is 312 g/mol. The van der Waals surface area contributed by atoms with Crippen LogP contribution in [0.5, 0.6) is 5.75 Å². The van der Waals surface area contributed by atoms with Crippen LogP contribution in [0.3, 0.4) is 0 Å². The predicted molar refractivity (Wildman–Crippen MR) is 82.9 cm³/mol. The van der Waals surface area contributed by atoms with E-state index in [4.69, 9.17) is 10.5 Å². The summed E-state index contributed by atoms with van der Waals surface area (Å²) in [5, 5.41) is 0. The molecule has 21 heavy (non-hydrogen) atoms. The van der Waals surface area contributed by atoms with E-state index < -0.39 is 0 Å². The molecule has 1 saturated heterocycles. The van der Waals surface area contributed by atoms with E-state index in [0.29, 0.717) is 31.5 Å². The highest BCUT2D eigenvalue weighted by atomic mass is 35.5. The second-order valence-corrected chi connectivity index (χ2v) is 4.95. The number of nitrogens with two attached hydrogens (primary N) is 1. The number of ether oxygens (including phenoxy) is 1. The maximum absolute atomic E-state index is 12.4. The Morgan fingerprint density at radius 1 is 1.24 bits per heavy atom. The van der Waals surface area contributed by atoms with Crippen molar-refractivity contribution >= 4 is 24.1 Å². The smallest absolute Gasteiger partial charge is 0.236 e. The van der Waals surface area contributed by atoms with E-state index in [0.717, 1.165) is 5.75 Å². The third-order valence-electron chi connectivity index (χ3n) is 3.77. The van der Waals surface area contributed by atoms with Crippen molar-refractivity contribution in [2.75, 3.05) is 26.7 Å². The molecule has 0 saturated carbocycles. The molecule has 1 amide bonds. The van der Waals surface area contributed by atoms with Crippen LogP contribution in [0.1, 0.15) is 23.2 Å². The molecule has 0 radical (unpaired) electrons. The van der Waals surface area contributed by atoms with Gasteiger partial charge >= 0.3 is 0 Å². The second-order valence-electron chi connectivity index (χ2n) is 4.95. The zero-order valence-electron chi connectivity index (χ0n) is 12.1. The average molecular weight is 313 g/mol. The van der Waals surface area contributed by atoms with E-state index in [1.54, 1.807) is 36.3 Å². The van der Waals surface area contributed by atoms with Crippen molar-refractivity contribution in [3.05, 3.63) is 29.8 Å². The zero-order chi connectivity index (χ0) is 14.5. The summed E-state index contributed by atoms with van der Waals surface area (Å²) < 4.78 is 5.08. The van der Waals surface area contributed by atoms with Gasteiger partial charge in [-0.1, -0.05) is 0 Å². The first-order valence-electron chi connectivity index (χ1n) is 6.82. The molecule has 116 valence electrons. The van der Waals surface area contributed by atoms with Crippen molar-refractivity contribution < 1.29 is 14.3 Å². The van der Waals surface area contributed by atoms with Crippen LogP contribution in [0.2, 0.25) is 0 Å². The molecule has 0 unspecified atom stereocenters. The lowest BCUT2D eigenvalue weighted by Crippen LogP contribution is -2.43. The van der Waals surface area contributed by atoms with E-state index in [9.17, 15) is 9.59 Å². The summed E-state index contributed by atoms with van der Waals surface area (Å²) in [4.78, 5) is 25.6. The van der Waals surface area contributed by atoms with E-state index >= 15 is 0 Å². The Hall–Kier alpha value is -1.59. The van der Waals surface area contributed by atoms with Gasteiger partial charge in [-0.15, -0.1) is 12.4 Å². The van der Waals surface area contributed by atoms with Crippen molar-refractivity contribution in [2.24, 2.45) is 11.7 Å². The van der Waals surface area contributed by atoms with Gasteiger partial charge in [-0.05, 0) is 37.1 Å². The number of Topliss-reactive ketones (excluding diaryl/α,β-unsaturated/α-hetero) is 1. The molecule has 1 aliphatic rings. The molecule has 0 bridgehead atoms. The maximum atomic E-state index is 12.4. The van der Waals surface area contributed by atoms with Gasteiger partial charge in [-0.3, -0.25) is 9.59 Å². The Balaban J connectivity index is 0.00000220. The molecule has 1 aromatic rings. The van der Waals surface area contributed by atoms with E-state index in [-0.39, 0.29) is 36.6 Å². The minimum Gasteiger partial charge on any atom is -0.497 e. The molecule has 1 aromatic carbocycles. The van der Waals surface area contributed by atoms with Crippen molar-refractivity contribution in [1.29, 1.82) is 0 Å². The van der Waals surface area contributed by atoms with Gasteiger partial charge in [-0.25, -0.2) is 0 Å². The Kier molecular flexibility index (Phi) is 6.65. The summed E-state index contributed by atoms with van der Waals surface area (Å²) in [6, 6.07) is 7.16. The number of piperidine rings is 1. The number of methoxy groups -OCH3 is 1. The topological polar surface area (TPSA) is 72.6 Å². The summed E-state index contributed by atoms with van der Waals surface area (Å²) in [6.07, 6.45) is 1.41. The number of carbonyl (C=O) groups excluding carboxylic acids is 2. The Labute approximate surface area is 130 Å².